The summed E-state index contributed by atoms with van der Waals surface area (Å²) >= 11 is 0. The zero-order valence-corrected chi connectivity index (χ0v) is 20.0. The quantitative estimate of drug-likeness (QED) is 0.264. The zero-order chi connectivity index (χ0) is 22.9. The van der Waals surface area contributed by atoms with Gasteiger partial charge in [0.2, 0.25) is 0 Å². The van der Waals surface area contributed by atoms with Gasteiger partial charge >= 0.3 is 0 Å². The standard InChI is InChI=1S/C31H29N2/c1-19-16-21(3)29(22(4)17-19)33-30-27-18-23-11-7-9-13-25(23)26(27)14-15-28(30)32(5)31(33)24-12-8-6-10-20(24)2/h6-17H,18H2,1-5H3/q+1. The largest absolute Gasteiger partial charge is 0.295 e. The second-order valence-corrected chi connectivity index (χ2v) is 9.57. The molecular formula is C31H29N2+. The Morgan fingerprint density at radius 3 is 2.09 bits per heavy atom. The molecule has 0 aliphatic heterocycles. The highest BCUT2D eigenvalue weighted by Gasteiger charge is 2.33. The lowest BCUT2D eigenvalue weighted by molar-refractivity contribution is -0.557. The van der Waals surface area contributed by atoms with E-state index in [1.807, 2.05) is 0 Å². The summed E-state index contributed by atoms with van der Waals surface area (Å²) in [4.78, 5) is 0. The summed E-state index contributed by atoms with van der Waals surface area (Å²) in [6.45, 7) is 8.90. The lowest BCUT2D eigenvalue weighted by Gasteiger charge is -2.13. The monoisotopic (exact) mass is 429 g/mol. The maximum absolute atomic E-state index is 2.55. The number of hydrogen-bond acceptors (Lipinski definition) is 0. The molecule has 1 aliphatic rings. The SMILES string of the molecule is Cc1cc(C)c(-[n+]2c(-c3ccccc3C)n(C)c3ccc4c(c32)Cc2ccccc2-4)c(C)c1. The van der Waals surface area contributed by atoms with Gasteiger partial charge in [-0.05, 0) is 79.3 Å². The highest BCUT2D eigenvalue weighted by molar-refractivity contribution is 5.91. The zero-order valence-electron chi connectivity index (χ0n) is 20.0. The number of rotatable bonds is 2. The molecule has 0 spiro atoms. The van der Waals surface area contributed by atoms with Gasteiger partial charge in [-0.2, -0.15) is 4.57 Å². The molecule has 0 radical (unpaired) electrons. The third-order valence-corrected chi connectivity index (χ3v) is 7.30. The lowest BCUT2D eigenvalue weighted by atomic mass is 10.0. The minimum absolute atomic E-state index is 0.976. The summed E-state index contributed by atoms with van der Waals surface area (Å²) in [6.07, 6.45) is 0.976. The number of fused-ring (bicyclic) bond motifs is 5. The van der Waals surface area contributed by atoms with Crippen molar-refractivity contribution in [3.8, 4) is 28.2 Å². The number of imidazole rings is 1. The van der Waals surface area contributed by atoms with Crippen LogP contribution in [0.1, 0.15) is 33.4 Å². The minimum atomic E-state index is 0.976. The summed E-state index contributed by atoms with van der Waals surface area (Å²) < 4.78 is 4.94. The summed E-state index contributed by atoms with van der Waals surface area (Å²) in [5, 5.41) is 0. The number of aryl methyl sites for hydroxylation is 5. The van der Waals surface area contributed by atoms with Crippen LogP contribution in [0.25, 0.3) is 39.2 Å². The van der Waals surface area contributed by atoms with E-state index in [4.69, 9.17) is 0 Å². The Morgan fingerprint density at radius 2 is 1.36 bits per heavy atom. The fraction of sp³-hybridized carbons (Fsp3) is 0.194. The van der Waals surface area contributed by atoms with Gasteiger partial charge in [0.1, 0.15) is 5.69 Å². The van der Waals surface area contributed by atoms with Crippen molar-refractivity contribution in [3.05, 3.63) is 106 Å². The molecule has 0 fully saturated rings. The van der Waals surface area contributed by atoms with E-state index >= 15 is 0 Å². The first kappa shape index (κ1) is 20.0. The van der Waals surface area contributed by atoms with Crippen molar-refractivity contribution >= 4 is 11.0 Å². The molecule has 0 saturated carbocycles. The summed E-state index contributed by atoms with van der Waals surface area (Å²) in [6, 6.07) is 26.9. The Morgan fingerprint density at radius 1 is 0.697 bits per heavy atom. The molecule has 6 rings (SSSR count). The van der Waals surface area contributed by atoms with Crippen LogP contribution in [0.15, 0.2) is 72.8 Å². The number of hydrogen-bond donors (Lipinski definition) is 0. The number of aromatic nitrogens is 2. The smallest absolute Gasteiger partial charge is 0.225 e. The van der Waals surface area contributed by atoms with E-state index in [9.17, 15) is 0 Å². The van der Waals surface area contributed by atoms with E-state index in [0.29, 0.717) is 0 Å². The fourth-order valence-electron chi connectivity index (χ4n) is 5.94. The van der Waals surface area contributed by atoms with E-state index in [1.54, 1.807) is 0 Å². The molecule has 0 amide bonds. The third-order valence-electron chi connectivity index (χ3n) is 7.30. The predicted octanol–water partition coefficient (Wildman–Crippen LogP) is 6.93. The van der Waals surface area contributed by atoms with Gasteiger partial charge in [-0.1, -0.05) is 60.2 Å². The molecule has 1 aliphatic carbocycles. The maximum atomic E-state index is 2.55. The van der Waals surface area contributed by atoms with Gasteiger partial charge in [-0.3, -0.25) is 0 Å². The maximum Gasteiger partial charge on any atom is 0.295 e. The fourth-order valence-corrected chi connectivity index (χ4v) is 5.94. The molecule has 0 atom stereocenters. The van der Waals surface area contributed by atoms with Gasteiger partial charge in [0, 0.05) is 12.0 Å². The van der Waals surface area contributed by atoms with Crippen LogP contribution in [-0.4, -0.2) is 4.57 Å². The Bertz CT molecular complexity index is 1560. The first-order valence-corrected chi connectivity index (χ1v) is 11.7. The lowest BCUT2D eigenvalue weighted by Crippen LogP contribution is -2.35. The highest BCUT2D eigenvalue weighted by atomic mass is 15.2. The van der Waals surface area contributed by atoms with Gasteiger partial charge in [-0.15, -0.1) is 0 Å². The highest BCUT2D eigenvalue weighted by Crippen LogP contribution is 2.41. The molecule has 2 nitrogen and oxygen atoms in total. The van der Waals surface area contributed by atoms with Crippen molar-refractivity contribution in [2.24, 2.45) is 7.05 Å². The molecule has 1 aromatic heterocycles. The summed E-state index contributed by atoms with van der Waals surface area (Å²) in [7, 11) is 2.22. The van der Waals surface area contributed by atoms with E-state index in [0.717, 1.165) is 6.42 Å². The molecule has 0 saturated heterocycles. The van der Waals surface area contributed by atoms with Crippen LogP contribution < -0.4 is 4.57 Å². The molecule has 2 heteroatoms. The van der Waals surface area contributed by atoms with Crippen molar-refractivity contribution in [1.82, 2.24) is 4.57 Å². The van der Waals surface area contributed by atoms with Crippen LogP contribution >= 0.6 is 0 Å². The topological polar surface area (TPSA) is 8.81 Å². The summed E-state index contributed by atoms with van der Waals surface area (Å²) in [5.74, 6) is 1.24. The first-order chi connectivity index (χ1) is 16.0. The van der Waals surface area contributed by atoms with Crippen LogP contribution in [0, 0.1) is 27.7 Å². The first-order valence-electron chi connectivity index (χ1n) is 11.7. The summed E-state index contributed by atoms with van der Waals surface area (Å²) in [5.41, 5.74) is 16.0. The predicted molar refractivity (Wildman–Crippen MR) is 137 cm³/mol. The Balaban J connectivity index is 1.81. The second kappa shape index (κ2) is 7.18. The Labute approximate surface area is 195 Å². The second-order valence-electron chi connectivity index (χ2n) is 9.57. The van der Waals surface area contributed by atoms with Gasteiger partial charge < -0.3 is 0 Å². The van der Waals surface area contributed by atoms with Gasteiger partial charge in [0.05, 0.1) is 12.6 Å². The van der Waals surface area contributed by atoms with E-state index < -0.39 is 0 Å². The van der Waals surface area contributed by atoms with E-state index in [-0.39, 0.29) is 0 Å². The molecule has 0 N–H and O–H groups in total. The minimum Gasteiger partial charge on any atom is -0.225 e. The Kier molecular flexibility index (Phi) is 4.35. The van der Waals surface area contributed by atoms with Crippen molar-refractivity contribution in [3.63, 3.8) is 0 Å². The van der Waals surface area contributed by atoms with Crippen LogP contribution in [0.5, 0.6) is 0 Å². The van der Waals surface area contributed by atoms with E-state index in [1.165, 1.54) is 72.6 Å². The van der Waals surface area contributed by atoms with Crippen molar-refractivity contribution in [1.29, 1.82) is 0 Å². The molecule has 0 unspecified atom stereocenters. The third kappa shape index (κ3) is 2.83. The molecule has 1 heterocycles. The van der Waals surface area contributed by atoms with Crippen molar-refractivity contribution in [2.45, 2.75) is 34.1 Å². The molecular weight excluding hydrogens is 400 g/mol. The Hall–Kier alpha value is -3.65. The van der Waals surface area contributed by atoms with Crippen molar-refractivity contribution < 1.29 is 4.57 Å². The van der Waals surface area contributed by atoms with Crippen LogP contribution in [0.3, 0.4) is 0 Å². The van der Waals surface area contributed by atoms with Crippen LogP contribution in [0.2, 0.25) is 0 Å². The molecule has 5 aromatic rings. The molecule has 162 valence electrons. The molecule has 0 bridgehead atoms. The van der Waals surface area contributed by atoms with E-state index in [2.05, 4.69) is 117 Å². The molecule has 33 heavy (non-hydrogen) atoms. The number of benzene rings is 4. The average molecular weight is 430 g/mol. The van der Waals surface area contributed by atoms with Gasteiger partial charge in [0.25, 0.3) is 5.82 Å². The van der Waals surface area contributed by atoms with Gasteiger partial charge in [0.15, 0.2) is 11.0 Å². The molecule has 4 aromatic carbocycles. The number of nitrogens with zero attached hydrogens (tertiary/aromatic N) is 2. The van der Waals surface area contributed by atoms with Gasteiger partial charge in [-0.25, -0.2) is 4.57 Å². The van der Waals surface area contributed by atoms with Crippen molar-refractivity contribution in [2.75, 3.05) is 0 Å². The average Bonchev–Trinajstić information content (AvgIpc) is 3.29. The normalized spacial score (nSPS) is 12.3. The van der Waals surface area contributed by atoms with Crippen LogP contribution in [0.4, 0.5) is 0 Å². The van der Waals surface area contributed by atoms with Crippen LogP contribution in [-0.2, 0) is 13.5 Å².